The van der Waals surface area contributed by atoms with Crippen molar-refractivity contribution in [3.8, 4) is 0 Å². The van der Waals surface area contributed by atoms with E-state index in [2.05, 4.69) is 15.9 Å². The van der Waals surface area contributed by atoms with E-state index in [0.717, 1.165) is 24.3 Å². The van der Waals surface area contributed by atoms with E-state index in [0.29, 0.717) is 28.7 Å². The van der Waals surface area contributed by atoms with E-state index in [4.69, 9.17) is 11.6 Å². The van der Waals surface area contributed by atoms with E-state index in [9.17, 15) is 28.7 Å². The average molecular weight is 470 g/mol. The molecule has 0 heterocycles. The molecule has 0 spiro atoms. The molecule has 0 saturated carbocycles. The van der Waals surface area contributed by atoms with E-state index in [1.807, 2.05) is 0 Å². The molecule has 0 amide bonds. The molecule has 25 heavy (non-hydrogen) atoms. The van der Waals surface area contributed by atoms with Gasteiger partial charge in [0, 0.05) is 4.47 Å². The standard InChI is InChI=1S/C15H9BrClF7S/c16-12-5-7-13(8-6-12)25(21,22,23,24)9-14(17)10-1-3-11(4-2-10)15(18,19)20/h1-9H. The van der Waals surface area contributed by atoms with Gasteiger partial charge in [0.25, 0.3) is 0 Å². The predicted octanol–water partition coefficient (Wildman–Crippen LogP) is 8.48. The zero-order chi connectivity index (χ0) is 19.2. The Bertz CT molecular complexity index is 820. The minimum absolute atomic E-state index is 0.322. The summed E-state index contributed by atoms with van der Waals surface area (Å²) in [5.74, 6) is 0. The van der Waals surface area contributed by atoms with Crippen molar-refractivity contribution in [1.29, 1.82) is 0 Å². The molecular weight excluding hydrogens is 461 g/mol. The summed E-state index contributed by atoms with van der Waals surface area (Å²) >= 11 is 8.51. The van der Waals surface area contributed by atoms with Gasteiger partial charge < -0.3 is 0 Å². The Labute approximate surface area is 151 Å². The lowest BCUT2D eigenvalue weighted by Crippen LogP contribution is -2.10. The van der Waals surface area contributed by atoms with Crippen LogP contribution in [0.2, 0.25) is 0 Å². The predicted molar refractivity (Wildman–Crippen MR) is 89.7 cm³/mol. The fraction of sp³-hybridized carbons (Fsp3) is 0.0667. The zero-order valence-corrected chi connectivity index (χ0v) is 15.2. The normalized spacial score (nSPS) is 16.3. The van der Waals surface area contributed by atoms with Crippen molar-refractivity contribution in [2.75, 3.05) is 0 Å². The molecule has 0 fully saturated rings. The molecule has 0 aliphatic rings. The van der Waals surface area contributed by atoms with E-state index >= 15 is 0 Å². The van der Waals surface area contributed by atoms with Gasteiger partial charge in [-0.3, -0.25) is 0 Å². The van der Waals surface area contributed by atoms with Crippen molar-refractivity contribution in [3.63, 3.8) is 0 Å². The first-order valence-corrected chi connectivity index (χ1v) is 9.72. The highest BCUT2D eigenvalue weighted by atomic mass is 79.9. The highest BCUT2D eigenvalue weighted by molar-refractivity contribution is 9.10. The molecule has 0 unspecified atom stereocenters. The molecule has 0 radical (unpaired) electrons. The third-order valence-electron chi connectivity index (χ3n) is 3.13. The fourth-order valence-corrected chi connectivity index (χ4v) is 4.20. The van der Waals surface area contributed by atoms with Crippen molar-refractivity contribution in [2.24, 2.45) is 0 Å². The quantitative estimate of drug-likeness (QED) is 0.395. The minimum Gasteiger partial charge on any atom is -0.166 e. The van der Waals surface area contributed by atoms with Crippen molar-refractivity contribution < 1.29 is 28.7 Å². The van der Waals surface area contributed by atoms with Gasteiger partial charge in [-0.05, 0) is 42.0 Å². The Kier molecular flexibility index (Phi) is 4.55. The van der Waals surface area contributed by atoms with Crippen LogP contribution in [-0.2, 0) is 6.18 Å². The van der Waals surface area contributed by atoms with Crippen LogP contribution in [0.1, 0.15) is 11.1 Å². The maximum absolute atomic E-state index is 14.3. The van der Waals surface area contributed by atoms with Crippen molar-refractivity contribution in [3.05, 3.63) is 69.5 Å². The van der Waals surface area contributed by atoms with Crippen LogP contribution in [0.5, 0.6) is 0 Å². The van der Waals surface area contributed by atoms with Gasteiger partial charge >= 0.3 is 6.18 Å². The average Bonchev–Trinajstić information content (AvgIpc) is 2.45. The van der Waals surface area contributed by atoms with Crippen LogP contribution in [-0.4, -0.2) is 0 Å². The highest BCUT2D eigenvalue weighted by Gasteiger charge is 2.62. The van der Waals surface area contributed by atoms with Crippen LogP contribution in [0.3, 0.4) is 0 Å². The van der Waals surface area contributed by atoms with Gasteiger partial charge in [-0.25, -0.2) is 0 Å². The largest absolute Gasteiger partial charge is 0.416 e. The van der Waals surface area contributed by atoms with Crippen LogP contribution in [0.15, 0.2) is 63.3 Å². The molecule has 0 N–H and O–H groups in total. The molecule has 138 valence electrons. The monoisotopic (exact) mass is 468 g/mol. The summed E-state index contributed by atoms with van der Waals surface area (Å²) in [6, 6.07) is 5.78. The van der Waals surface area contributed by atoms with E-state index in [1.54, 1.807) is 0 Å². The zero-order valence-electron chi connectivity index (χ0n) is 12.0. The van der Waals surface area contributed by atoms with Crippen LogP contribution < -0.4 is 0 Å². The molecule has 0 bridgehead atoms. The van der Waals surface area contributed by atoms with Gasteiger partial charge in [0.05, 0.1) is 20.9 Å². The van der Waals surface area contributed by atoms with E-state index in [-0.39, 0.29) is 5.56 Å². The Balaban J connectivity index is 2.50. The molecule has 0 aliphatic carbocycles. The summed E-state index contributed by atoms with van der Waals surface area (Å²) in [7, 11) is -8.87. The first kappa shape index (κ1) is 20.1. The lowest BCUT2D eigenvalue weighted by molar-refractivity contribution is -0.137. The molecule has 2 rings (SSSR count). The summed E-state index contributed by atoms with van der Waals surface area (Å²) in [4.78, 5) is -1.52. The van der Waals surface area contributed by atoms with Crippen LogP contribution in [0.25, 0.3) is 5.03 Å². The highest BCUT2D eigenvalue weighted by Crippen LogP contribution is 3.02. The van der Waals surface area contributed by atoms with Gasteiger partial charge in [0.15, 0.2) is 0 Å². The molecule has 2 aromatic rings. The molecule has 0 nitrogen and oxygen atoms in total. The molecule has 0 aliphatic heterocycles. The summed E-state index contributed by atoms with van der Waals surface area (Å²) in [6.07, 6.45) is -4.65. The molecule has 0 aromatic heterocycles. The Hall–Kier alpha value is -1.19. The Morgan fingerprint density at radius 3 is 1.80 bits per heavy atom. The minimum atomic E-state index is -8.87. The number of halogens is 9. The second-order valence-corrected chi connectivity index (χ2v) is 9.42. The molecular formula is C15H9BrClF7S. The van der Waals surface area contributed by atoms with E-state index in [1.165, 1.54) is 0 Å². The number of rotatable bonds is 3. The van der Waals surface area contributed by atoms with Gasteiger partial charge in [0.1, 0.15) is 0 Å². The number of hydrogen-bond donors (Lipinski definition) is 0. The molecule has 0 atom stereocenters. The van der Waals surface area contributed by atoms with Crippen molar-refractivity contribution in [1.82, 2.24) is 0 Å². The summed E-state index contributed by atoms with van der Waals surface area (Å²) < 4.78 is 95.0. The summed E-state index contributed by atoms with van der Waals surface area (Å²) in [5, 5.41) is -1.71. The van der Waals surface area contributed by atoms with Crippen molar-refractivity contribution in [2.45, 2.75) is 11.1 Å². The molecule has 2 aromatic carbocycles. The van der Waals surface area contributed by atoms with Gasteiger partial charge in [-0.1, -0.05) is 39.7 Å². The number of hydrogen-bond acceptors (Lipinski definition) is 0. The van der Waals surface area contributed by atoms with Crippen LogP contribution in [0.4, 0.5) is 28.7 Å². The van der Waals surface area contributed by atoms with Gasteiger partial charge in [-0.15, -0.1) is 15.5 Å². The fourth-order valence-electron chi connectivity index (χ4n) is 1.88. The van der Waals surface area contributed by atoms with Gasteiger partial charge in [0.2, 0.25) is 9.84 Å². The maximum Gasteiger partial charge on any atom is 0.416 e. The SMILES string of the molecule is FC(F)(F)c1ccc(C(Cl)=CS(F)(F)(F)(F)c2ccc(Br)cc2)cc1. The van der Waals surface area contributed by atoms with Crippen LogP contribution in [0, 0.1) is 0 Å². The Morgan fingerprint density at radius 2 is 1.36 bits per heavy atom. The molecule has 0 saturated heterocycles. The van der Waals surface area contributed by atoms with E-state index < -0.39 is 36.9 Å². The third kappa shape index (κ3) is 4.71. The summed E-state index contributed by atoms with van der Waals surface area (Å²) in [6.45, 7) is 0. The topological polar surface area (TPSA) is 0 Å². The second-order valence-electron chi connectivity index (χ2n) is 5.13. The van der Waals surface area contributed by atoms with Gasteiger partial charge in [-0.2, -0.15) is 13.2 Å². The lowest BCUT2D eigenvalue weighted by Gasteiger charge is -2.47. The number of benzene rings is 2. The second kappa shape index (κ2) is 5.65. The smallest absolute Gasteiger partial charge is 0.166 e. The Morgan fingerprint density at radius 1 is 0.880 bits per heavy atom. The maximum atomic E-state index is 14.3. The lowest BCUT2D eigenvalue weighted by atomic mass is 10.1. The third-order valence-corrected chi connectivity index (χ3v) is 6.09. The molecule has 10 heteroatoms. The first-order chi connectivity index (χ1) is 11.1. The van der Waals surface area contributed by atoms with Crippen molar-refractivity contribution >= 4 is 42.4 Å². The summed E-state index contributed by atoms with van der Waals surface area (Å²) in [5.41, 5.74) is -1.44. The van der Waals surface area contributed by atoms with Crippen LogP contribution >= 0.6 is 37.4 Å². The number of alkyl halides is 3. The first-order valence-electron chi connectivity index (χ1n) is 6.43.